The molecule has 12 heteroatoms. The Morgan fingerprint density at radius 1 is 1.15 bits per heavy atom. The summed E-state index contributed by atoms with van der Waals surface area (Å²) >= 11 is 0. The number of hydrogen-bond acceptors (Lipinski definition) is 11. The summed E-state index contributed by atoms with van der Waals surface area (Å²) in [5.41, 5.74) is 12.0. The summed E-state index contributed by atoms with van der Waals surface area (Å²) in [6.07, 6.45) is 4.41. The molecule has 12 nitrogen and oxygen atoms in total. The average Bonchev–Trinajstić information content (AvgIpc) is 2.67. The molecule has 0 saturated heterocycles. The van der Waals surface area contributed by atoms with Crippen molar-refractivity contribution in [2.24, 2.45) is 10.2 Å². The van der Waals surface area contributed by atoms with Gasteiger partial charge >= 0.3 is 0 Å². The molecule has 0 fully saturated rings. The summed E-state index contributed by atoms with van der Waals surface area (Å²) in [6, 6.07) is 5.41. The van der Waals surface area contributed by atoms with Crippen LogP contribution >= 0.6 is 0 Å². The Bertz CT molecular complexity index is 1070. The molecule has 0 unspecified atom stereocenters. The van der Waals surface area contributed by atoms with E-state index in [2.05, 4.69) is 30.2 Å². The van der Waals surface area contributed by atoms with Gasteiger partial charge in [0.2, 0.25) is 0 Å². The molecule has 3 rings (SSSR count). The van der Waals surface area contributed by atoms with Crippen LogP contribution in [-0.4, -0.2) is 24.9 Å². The van der Waals surface area contributed by atoms with E-state index < -0.39 is 4.92 Å². The number of aromatic nitrogens is 4. The summed E-state index contributed by atoms with van der Waals surface area (Å²) in [4.78, 5) is 26.3. The molecule has 0 aliphatic rings. The number of benzene rings is 1. The monoisotopic (exact) mass is 362 g/mol. The number of azo groups is 1. The van der Waals surface area contributed by atoms with Crippen LogP contribution in [0, 0.1) is 21.4 Å². The van der Waals surface area contributed by atoms with E-state index >= 15 is 0 Å². The molecule has 2 heterocycles. The van der Waals surface area contributed by atoms with Crippen molar-refractivity contribution in [3.05, 3.63) is 52.5 Å². The van der Waals surface area contributed by atoms with E-state index in [0.29, 0.717) is 5.69 Å². The molecular formula is C15H10N10O2. The van der Waals surface area contributed by atoms with E-state index in [1.165, 1.54) is 30.7 Å². The summed E-state index contributed by atoms with van der Waals surface area (Å²) in [5.74, 6) is 0.0738. The molecule has 0 atom stereocenters. The van der Waals surface area contributed by atoms with Gasteiger partial charge in [-0.3, -0.25) is 15.1 Å². The number of nitrogen functional groups attached to an aromatic ring is 2. The van der Waals surface area contributed by atoms with E-state index in [1.807, 2.05) is 6.07 Å². The van der Waals surface area contributed by atoms with Gasteiger partial charge in [0, 0.05) is 24.5 Å². The zero-order chi connectivity index (χ0) is 19.4. The highest BCUT2D eigenvalue weighted by molar-refractivity contribution is 5.73. The van der Waals surface area contributed by atoms with E-state index in [9.17, 15) is 10.1 Å². The molecule has 27 heavy (non-hydrogen) atoms. The highest BCUT2D eigenvalue weighted by Crippen LogP contribution is 2.31. The largest absolute Gasteiger partial charge is 0.382 e. The molecular weight excluding hydrogens is 352 g/mol. The van der Waals surface area contributed by atoms with Crippen LogP contribution in [0.15, 0.2) is 47.0 Å². The first-order chi connectivity index (χ1) is 13.0. The average molecular weight is 362 g/mol. The molecule has 132 valence electrons. The lowest BCUT2D eigenvalue weighted by atomic mass is 10.2. The lowest BCUT2D eigenvalue weighted by molar-refractivity contribution is -0.384. The van der Waals surface area contributed by atoms with Crippen LogP contribution in [0.3, 0.4) is 0 Å². The zero-order valence-corrected chi connectivity index (χ0v) is 13.5. The van der Waals surface area contributed by atoms with Gasteiger partial charge in [-0.15, -0.1) is 10.2 Å². The van der Waals surface area contributed by atoms with Crippen molar-refractivity contribution in [1.82, 2.24) is 19.9 Å². The molecule has 0 bridgehead atoms. The Balaban J connectivity index is 1.97. The Kier molecular flexibility index (Phi) is 4.58. The van der Waals surface area contributed by atoms with Crippen LogP contribution in [0.25, 0.3) is 11.5 Å². The Morgan fingerprint density at radius 2 is 1.89 bits per heavy atom. The lowest BCUT2D eigenvalue weighted by Crippen LogP contribution is -2.02. The van der Waals surface area contributed by atoms with Crippen LogP contribution in [0.1, 0.15) is 5.56 Å². The molecule has 0 aliphatic carbocycles. The van der Waals surface area contributed by atoms with Crippen molar-refractivity contribution in [3.8, 4) is 17.6 Å². The Labute approximate surface area is 151 Å². The van der Waals surface area contributed by atoms with Crippen LogP contribution < -0.4 is 11.5 Å². The minimum atomic E-state index is -0.614. The highest BCUT2D eigenvalue weighted by Gasteiger charge is 2.14. The zero-order valence-electron chi connectivity index (χ0n) is 13.5. The second-order valence-electron chi connectivity index (χ2n) is 5.03. The van der Waals surface area contributed by atoms with Crippen LogP contribution in [-0.2, 0) is 0 Å². The second-order valence-corrected chi connectivity index (χ2v) is 5.03. The third-order valence-electron chi connectivity index (χ3n) is 3.30. The normalized spacial score (nSPS) is 10.6. The van der Waals surface area contributed by atoms with Crippen molar-refractivity contribution in [2.45, 2.75) is 0 Å². The fraction of sp³-hybridized carbons (Fsp3) is 0. The maximum absolute atomic E-state index is 10.8. The number of nitriles is 1. The fourth-order valence-electron chi connectivity index (χ4n) is 2.04. The molecule has 0 aliphatic heterocycles. The number of non-ortho nitro benzene ring substituents is 1. The number of nitro benzene ring substituents is 1. The molecule has 4 N–H and O–H groups in total. The van der Waals surface area contributed by atoms with Crippen molar-refractivity contribution >= 4 is 28.7 Å². The standard InChI is InChI=1S/C15H10N10O2/c16-6-8-5-9(25(26)27)1-2-10(8)23-24-12-13(17)21-15(22-14(12)18)11-7-19-3-4-20-11/h1-5,7H,(H4,17,18,21,22). The van der Waals surface area contributed by atoms with Gasteiger partial charge in [-0.2, -0.15) is 5.26 Å². The van der Waals surface area contributed by atoms with Crippen LogP contribution in [0.4, 0.5) is 28.7 Å². The van der Waals surface area contributed by atoms with Crippen LogP contribution in [0.5, 0.6) is 0 Å². The molecule has 0 amide bonds. The fourth-order valence-corrected chi connectivity index (χ4v) is 2.04. The smallest absolute Gasteiger partial charge is 0.270 e. The van der Waals surface area contributed by atoms with E-state index in [1.54, 1.807) is 0 Å². The van der Waals surface area contributed by atoms with E-state index in [0.717, 1.165) is 6.07 Å². The minimum absolute atomic E-state index is 0.00452. The summed E-state index contributed by atoms with van der Waals surface area (Å²) in [7, 11) is 0. The van der Waals surface area contributed by atoms with Crippen molar-refractivity contribution in [3.63, 3.8) is 0 Å². The predicted molar refractivity (Wildman–Crippen MR) is 93.9 cm³/mol. The first-order valence-corrected chi connectivity index (χ1v) is 7.29. The number of rotatable bonds is 4. The number of nitrogens with two attached hydrogens (primary N) is 2. The van der Waals surface area contributed by atoms with Gasteiger partial charge in [0.25, 0.3) is 5.69 Å². The van der Waals surface area contributed by atoms with Crippen molar-refractivity contribution in [2.75, 3.05) is 11.5 Å². The van der Waals surface area contributed by atoms with Gasteiger partial charge in [-0.1, -0.05) is 0 Å². The van der Waals surface area contributed by atoms with Gasteiger partial charge < -0.3 is 11.5 Å². The SMILES string of the molecule is N#Cc1cc([N+](=O)[O-])ccc1N=Nc1c(N)nc(-c2cnccn2)nc1N. The third-order valence-corrected chi connectivity index (χ3v) is 3.30. The number of anilines is 2. The number of nitrogens with zero attached hydrogens (tertiary/aromatic N) is 8. The molecule has 0 spiro atoms. The highest BCUT2D eigenvalue weighted by atomic mass is 16.6. The van der Waals surface area contributed by atoms with Gasteiger partial charge in [0.15, 0.2) is 23.1 Å². The van der Waals surface area contributed by atoms with Gasteiger partial charge in [-0.05, 0) is 6.07 Å². The van der Waals surface area contributed by atoms with Crippen molar-refractivity contribution < 1.29 is 4.92 Å². The molecule has 2 aromatic heterocycles. The van der Waals surface area contributed by atoms with Crippen LogP contribution in [0.2, 0.25) is 0 Å². The Hall–Kier alpha value is -4.53. The summed E-state index contributed by atoms with van der Waals surface area (Å²) in [6.45, 7) is 0. The van der Waals surface area contributed by atoms with Crippen molar-refractivity contribution in [1.29, 1.82) is 5.26 Å². The molecule has 3 aromatic rings. The first kappa shape index (κ1) is 17.3. The number of hydrogen-bond donors (Lipinski definition) is 2. The topological polar surface area (TPSA) is 195 Å². The third kappa shape index (κ3) is 3.61. The maximum Gasteiger partial charge on any atom is 0.270 e. The van der Waals surface area contributed by atoms with E-state index in [-0.39, 0.29) is 40.1 Å². The molecule has 0 saturated carbocycles. The molecule has 0 radical (unpaired) electrons. The quantitative estimate of drug-likeness (QED) is 0.397. The second kappa shape index (κ2) is 7.15. The number of nitro groups is 1. The minimum Gasteiger partial charge on any atom is -0.382 e. The summed E-state index contributed by atoms with van der Waals surface area (Å²) in [5, 5.41) is 27.7. The van der Waals surface area contributed by atoms with Gasteiger partial charge in [-0.25, -0.2) is 15.0 Å². The van der Waals surface area contributed by atoms with E-state index in [4.69, 9.17) is 16.7 Å². The Morgan fingerprint density at radius 3 is 2.48 bits per heavy atom. The lowest BCUT2D eigenvalue weighted by Gasteiger charge is -2.05. The summed E-state index contributed by atoms with van der Waals surface area (Å²) < 4.78 is 0. The molecule has 1 aromatic carbocycles. The first-order valence-electron chi connectivity index (χ1n) is 7.29. The predicted octanol–water partition coefficient (Wildman–Crippen LogP) is 2.29. The van der Waals surface area contributed by atoms with Gasteiger partial charge in [0.1, 0.15) is 17.5 Å². The maximum atomic E-state index is 10.8. The van der Waals surface area contributed by atoms with Gasteiger partial charge in [0.05, 0.1) is 16.7 Å².